The number of pyridine rings is 1. The number of ether oxygens (including phenoxy) is 1. The zero-order chi connectivity index (χ0) is 24.3. The van der Waals surface area contributed by atoms with E-state index in [-0.39, 0.29) is 44.9 Å². The molecule has 8 nitrogen and oxygen atoms in total. The molecule has 0 aliphatic rings. The number of aromatic nitrogens is 3. The minimum atomic E-state index is -4.65. The van der Waals surface area contributed by atoms with Crippen LogP contribution in [-0.4, -0.2) is 22.1 Å². The number of rotatable bonds is 5. The van der Waals surface area contributed by atoms with Gasteiger partial charge < -0.3 is 16.2 Å². The standard InChI is InChI=1S/C21H16F3N7OS/c1-10-5-16(21(22,23)24)29-19(13(10)7-25)33-9-12-6-11(3-4-15(12)32-2)17-14(8-26)18(27)31-20(28)30-17/h3-6H,9H2,1-2H3,(H4,27,28,30,31). The minimum Gasteiger partial charge on any atom is -0.496 e. The van der Waals surface area contributed by atoms with E-state index in [9.17, 15) is 23.7 Å². The number of benzene rings is 1. The van der Waals surface area contributed by atoms with Crippen LogP contribution in [-0.2, 0) is 11.9 Å². The topological polar surface area (TPSA) is 148 Å². The molecule has 4 N–H and O–H groups in total. The second-order valence-corrected chi connectivity index (χ2v) is 7.70. The normalized spacial score (nSPS) is 11.0. The van der Waals surface area contributed by atoms with Crippen molar-refractivity contribution < 1.29 is 17.9 Å². The SMILES string of the molecule is COc1ccc(-c2nc(N)nc(N)c2C#N)cc1CSc1nc(C(F)(F)F)cc(C)c1C#N. The number of alkyl halides is 3. The Hall–Kier alpha value is -4.03. The fourth-order valence-electron chi connectivity index (χ4n) is 3.03. The van der Waals surface area contributed by atoms with E-state index in [1.54, 1.807) is 18.2 Å². The maximum Gasteiger partial charge on any atom is 0.433 e. The van der Waals surface area contributed by atoms with Crippen molar-refractivity contribution >= 4 is 23.5 Å². The van der Waals surface area contributed by atoms with Crippen molar-refractivity contribution in [3.05, 3.63) is 52.2 Å². The molecule has 0 atom stereocenters. The van der Waals surface area contributed by atoms with Gasteiger partial charge in [-0.25, -0.2) is 9.97 Å². The third kappa shape index (κ3) is 4.91. The molecular formula is C21H16F3N7OS. The Morgan fingerprint density at radius 1 is 1.06 bits per heavy atom. The van der Waals surface area contributed by atoms with Gasteiger partial charge in [-0.1, -0.05) is 0 Å². The van der Waals surface area contributed by atoms with Crippen molar-refractivity contribution in [2.45, 2.75) is 23.9 Å². The van der Waals surface area contributed by atoms with Crippen molar-refractivity contribution in [2.24, 2.45) is 0 Å². The van der Waals surface area contributed by atoms with Crippen molar-refractivity contribution in [3.63, 3.8) is 0 Å². The van der Waals surface area contributed by atoms with Gasteiger partial charge in [0.15, 0.2) is 0 Å². The Kier molecular flexibility index (Phi) is 6.60. The number of thioether (sulfide) groups is 1. The Balaban J connectivity index is 2.04. The number of nitrogens with two attached hydrogens (primary N) is 2. The van der Waals surface area contributed by atoms with E-state index in [1.165, 1.54) is 14.0 Å². The molecule has 1 aromatic carbocycles. The Morgan fingerprint density at radius 3 is 2.36 bits per heavy atom. The third-order valence-electron chi connectivity index (χ3n) is 4.57. The van der Waals surface area contributed by atoms with Crippen molar-refractivity contribution in [1.82, 2.24) is 15.0 Å². The van der Waals surface area contributed by atoms with Gasteiger partial charge in [-0.15, -0.1) is 11.8 Å². The molecule has 2 heterocycles. The molecule has 33 heavy (non-hydrogen) atoms. The molecule has 2 aromatic heterocycles. The van der Waals surface area contributed by atoms with Crippen LogP contribution >= 0.6 is 11.8 Å². The highest BCUT2D eigenvalue weighted by molar-refractivity contribution is 7.98. The number of hydrogen-bond donors (Lipinski definition) is 2. The first-order valence-electron chi connectivity index (χ1n) is 9.21. The molecule has 12 heteroatoms. The number of methoxy groups -OCH3 is 1. The number of nitrogen functional groups attached to an aromatic ring is 2. The Labute approximate surface area is 191 Å². The van der Waals surface area contributed by atoms with Crippen LogP contribution in [0.25, 0.3) is 11.3 Å². The van der Waals surface area contributed by atoms with Gasteiger partial charge in [0.1, 0.15) is 40.0 Å². The number of anilines is 2. The summed E-state index contributed by atoms with van der Waals surface area (Å²) in [5, 5.41) is 18.8. The number of nitrogens with zero attached hydrogens (tertiary/aromatic N) is 5. The van der Waals surface area contributed by atoms with E-state index >= 15 is 0 Å². The van der Waals surface area contributed by atoms with Crippen LogP contribution in [0.1, 0.15) is 27.9 Å². The number of aryl methyl sites for hydroxylation is 1. The molecule has 3 aromatic rings. The third-order valence-corrected chi connectivity index (χ3v) is 5.59. The Bertz CT molecular complexity index is 1310. The van der Waals surface area contributed by atoms with E-state index in [0.29, 0.717) is 16.9 Å². The van der Waals surface area contributed by atoms with Crippen LogP contribution in [0, 0.1) is 29.6 Å². The first-order chi connectivity index (χ1) is 15.6. The van der Waals surface area contributed by atoms with E-state index in [2.05, 4.69) is 15.0 Å². The summed E-state index contributed by atoms with van der Waals surface area (Å²) in [6.07, 6.45) is -4.65. The lowest BCUT2D eigenvalue weighted by atomic mass is 10.0. The molecule has 3 rings (SSSR count). The summed E-state index contributed by atoms with van der Waals surface area (Å²) in [6, 6.07) is 9.61. The monoisotopic (exact) mass is 471 g/mol. The largest absolute Gasteiger partial charge is 0.496 e. The van der Waals surface area contributed by atoms with Crippen LogP contribution in [0.3, 0.4) is 0 Å². The minimum absolute atomic E-state index is 0.0370. The lowest BCUT2D eigenvalue weighted by Gasteiger charge is -2.14. The number of halogens is 3. The van der Waals surface area contributed by atoms with E-state index < -0.39 is 11.9 Å². The first-order valence-corrected chi connectivity index (χ1v) is 10.2. The maximum absolute atomic E-state index is 13.2. The summed E-state index contributed by atoms with van der Waals surface area (Å²) in [5.41, 5.74) is 11.9. The van der Waals surface area contributed by atoms with Gasteiger partial charge in [-0.3, -0.25) is 0 Å². The van der Waals surface area contributed by atoms with Crippen LogP contribution in [0.15, 0.2) is 29.3 Å². The lowest BCUT2D eigenvalue weighted by Crippen LogP contribution is -2.10. The second-order valence-electron chi connectivity index (χ2n) is 6.73. The van der Waals surface area contributed by atoms with Gasteiger partial charge in [0.2, 0.25) is 5.95 Å². The molecule has 0 unspecified atom stereocenters. The molecule has 0 bridgehead atoms. The molecule has 0 saturated heterocycles. The van der Waals surface area contributed by atoms with E-state index in [0.717, 1.165) is 17.8 Å². The fourth-order valence-corrected chi connectivity index (χ4v) is 4.06. The predicted octanol–water partition coefficient (Wildman–Crippen LogP) is 4.07. The quantitative estimate of drug-likeness (QED) is 0.525. The average Bonchev–Trinajstić information content (AvgIpc) is 2.76. The van der Waals surface area contributed by atoms with Crippen LogP contribution < -0.4 is 16.2 Å². The smallest absolute Gasteiger partial charge is 0.433 e. The van der Waals surface area contributed by atoms with Crippen molar-refractivity contribution in [2.75, 3.05) is 18.6 Å². The summed E-state index contributed by atoms with van der Waals surface area (Å²) >= 11 is 0.958. The molecule has 168 valence electrons. The highest BCUT2D eigenvalue weighted by atomic mass is 32.2. The fraction of sp³-hybridized carbons (Fsp3) is 0.190. The second kappa shape index (κ2) is 9.22. The zero-order valence-electron chi connectivity index (χ0n) is 17.4. The number of hydrogen-bond acceptors (Lipinski definition) is 9. The van der Waals surface area contributed by atoms with Crippen LogP contribution in [0.5, 0.6) is 5.75 Å². The summed E-state index contributed by atoms with van der Waals surface area (Å²) in [6.45, 7) is 1.42. The molecular weight excluding hydrogens is 455 g/mol. The lowest BCUT2D eigenvalue weighted by molar-refractivity contribution is -0.141. The maximum atomic E-state index is 13.2. The summed E-state index contributed by atoms with van der Waals surface area (Å²) in [4.78, 5) is 11.5. The van der Waals surface area contributed by atoms with Crippen molar-refractivity contribution in [3.8, 4) is 29.1 Å². The number of nitriles is 2. The highest BCUT2D eigenvalue weighted by Gasteiger charge is 2.34. The van der Waals surface area contributed by atoms with Gasteiger partial charge in [-0.2, -0.15) is 28.7 Å². The van der Waals surface area contributed by atoms with Gasteiger partial charge in [0, 0.05) is 16.9 Å². The molecule has 0 spiro atoms. The predicted molar refractivity (Wildman–Crippen MR) is 116 cm³/mol. The summed E-state index contributed by atoms with van der Waals surface area (Å²) < 4.78 is 45.0. The van der Waals surface area contributed by atoms with Gasteiger partial charge in [0.25, 0.3) is 0 Å². The zero-order valence-corrected chi connectivity index (χ0v) is 18.2. The summed E-state index contributed by atoms with van der Waals surface area (Å²) in [7, 11) is 1.44. The van der Waals surface area contributed by atoms with Gasteiger partial charge >= 0.3 is 6.18 Å². The average molecular weight is 471 g/mol. The molecule has 0 aliphatic heterocycles. The van der Waals surface area contributed by atoms with E-state index in [1.807, 2.05) is 12.1 Å². The van der Waals surface area contributed by atoms with Gasteiger partial charge in [-0.05, 0) is 36.8 Å². The molecule has 0 aliphatic carbocycles. The highest BCUT2D eigenvalue weighted by Crippen LogP contribution is 2.36. The molecule has 0 saturated carbocycles. The Morgan fingerprint density at radius 2 is 1.76 bits per heavy atom. The summed E-state index contributed by atoms with van der Waals surface area (Å²) in [5.74, 6) is 0.378. The van der Waals surface area contributed by atoms with Crippen LogP contribution in [0.4, 0.5) is 24.9 Å². The van der Waals surface area contributed by atoms with Crippen LogP contribution in [0.2, 0.25) is 0 Å². The molecule has 0 fully saturated rings. The van der Waals surface area contributed by atoms with E-state index in [4.69, 9.17) is 16.2 Å². The van der Waals surface area contributed by atoms with Gasteiger partial charge in [0.05, 0.1) is 18.4 Å². The molecule has 0 radical (unpaired) electrons. The van der Waals surface area contributed by atoms with Crippen molar-refractivity contribution in [1.29, 1.82) is 10.5 Å². The first kappa shape index (κ1) is 23.6. The molecule has 0 amide bonds.